The molecule has 0 bridgehead atoms. The van der Waals surface area contributed by atoms with Crippen molar-refractivity contribution in [1.82, 2.24) is 5.32 Å². The van der Waals surface area contributed by atoms with Crippen LogP contribution in [0.3, 0.4) is 0 Å². The molecular weight excluding hydrogens is 224 g/mol. The summed E-state index contributed by atoms with van der Waals surface area (Å²) in [5, 5.41) is 7.94. The van der Waals surface area contributed by atoms with E-state index in [9.17, 15) is 4.79 Å². The first-order valence-electron chi connectivity index (χ1n) is 6.03. The van der Waals surface area contributed by atoms with Gasteiger partial charge in [0.1, 0.15) is 0 Å². The number of hydrogen-bond acceptors (Lipinski definition) is 1. The van der Waals surface area contributed by atoms with Crippen LogP contribution in [0.5, 0.6) is 0 Å². The summed E-state index contributed by atoms with van der Waals surface area (Å²) >= 11 is 0. The van der Waals surface area contributed by atoms with Crippen molar-refractivity contribution in [3.05, 3.63) is 42.5 Å². The molecule has 0 radical (unpaired) electrons. The van der Waals surface area contributed by atoms with Gasteiger partial charge in [-0.2, -0.15) is 0 Å². The minimum Gasteiger partial charge on any atom is -0.333 e. The van der Waals surface area contributed by atoms with Crippen molar-refractivity contribution in [3.63, 3.8) is 0 Å². The molecule has 2 N–H and O–H groups in total. The van der Waals surface area contributed by atoms with Crippen molar-refractivity contribution < 1.29 is 4.79 Å². The fourth-order valence-corrected chi connectivity index (χ4v) is 1.83. The zero-order valence-electron chi connectivity index (χ0n) is 10.9. The molecule has 18 heavy (non-hydrogen) atoms. The van der Waals surface area contributed by atoms with E-state index in [0.717, 1.165) is 16.5 Å². The Bertz CT molecular complexity index is 565. The zero-order valence-corrected chi connectivity index (χ0v) is 10.9. The maximum absolute atomic E-state index is 11.8. The van der Waals surface area contributed by atoms with Gasteiger partial charge in [0.25, 0.3) is 0 Å². The van der Waals surface area contributed by atoms with Crippen molar-refractivity contribution in [2.24, 2.45) is 0 Å². The fourth-order valence-electron chi connectivity index (χ4n) is 1.83. The lowest BCUT2D eigenvalue weighted by Crippen LogP contribution is -2.43. The Hall–Kier alpha value is -2.03. The van der Waals surface area contributed by atoms with Crippen LogP contribution in [-0.2, 0) is 0 Å². The summed E-state index contributed by atoms with van der Waals surface area (Å²) in [4.78, 5) is 11.8. The fraction of sp³-hybridized carbons (Fsp3) is 0.267. The quantitative estimate of drug-likeness (QED) is 0.785. The Kier molecular flexibility index (Phi) is 3.24. The van der Waals surface area contributed by atoms with E-state index in [1.807, 2.05) is 63.2 Å². The molecule has 94 valence electrons. The van der Waals surface area contributed by atoms with Crippen molar-refractivity contribution in [2.75, 3.05) is 5.32 Å². The summed E-state index contributed by atoms with van der Waals surface area (Å²) < 4.78 is 0. The van der Waals surface area contributed by atoms with E-state index in [0.29, 0.717) is 0 Å². The average molecular weight is 242 g/mol. The first kappa shape index (κ1) is 12.4. The predicted molar refractivity (Wildman–Crippen MR) is 75.9 cm³/mol. The van der Waals surface area contributed by atoms with Crippen LogP contribution in [-0.4, -0.2) is 11.6 Å². The lowest BCUT2D eigenvalue weighted by atomic mass is 10.1. The lowest BCUT2D eigenvalue weighted by Gasteiger charge is -2.21. The third kappa shape index (κ3) is 3.00. The highest BCUT2D eigenvalue weighted by Gasteiger charge is 2.14. The van der Waals surface area contributed by atoms with Crippen molar-refractivity contribution in [3.8, 4) is 0 Å². The van der Waals surface area contributed by atoms with E-state index in [2.05, 4.69) is 10.6 Å². The molecule has 0 spiro atoms. The Morgan fingerprint density at radius 2 is 1.67 bits per heavy atom. The van der Waals surface area contributed by atoms with Crippen LogP contribution in [0.1, 0.15) is 20.8 Å². The average Bonchev–Trinajstić information content (AvgIpc) is 2.27. The van der Waals surface area contributed by atoms with Gasteiger partial charge in [-0.25, -0.2) is 4.79 Å². The van der Waals surface area contributed by atoms with Gasteiger partial charge in [0, 0.05) is 10.9 Å². The standard InChI is InChI=1S/C15H18N2O/c1-15(2,3)17-14(18)16-13-10-6-8-11-7-4-5-9-12(11)13/h4-10H,1-3H3,(H2,16,17,18). The summed E-state index contributed by atoms with van der Waals surface area (Å²) in [6.45, 7) is 5.86. The monoisotopic (exact) mass is 242 g/mol. The minimum atomic E-state index is -0.241. The molecule has 3 nitrogen and oxygen atoms in total. The van der Waals surface area contributed by atoms with Gasteiger partial charge in [0.2, 0.25) is 0 Å². The van der Waals surface area contributed by atoms with Crippen LogP contribution in [0.15, 0.2) is 42.5 Å². The molecule has 2 aromatic rings. The predicted octanol–water partition coefficient (Wildman–Crippen LogP) is 3.76. The molecular formula is C15H18N2O. The smallest absolute Gasteiger partial charge is 0.319 e. The maximum Gasteiger partial charge on any atom is 0.319 e. The highest BCUT2D eigenvalue weighted by molar-refractivity contribution is 6.01. The number of benzene rings is 2. The topological polar surface area (TPSA) is 41.1 Å². The number of carbonyl (C=O) groups excluding carboxylic acids is 1. The Balaban J connectivity index is 2.24. The summed E-state index contributed by atoms with van der Waals surface area (Å²) in [6, 6.07) is 13.7. The number of urea groups is 1. The normalized spacial score (nSPS) is 11.3. The van der Waals surface area contributed by atoms with Crippen molar-refractivity contribution in [2.45, 2.75) is 26.3 Å². The highest BCUT2D eigenvalue weighted by atomic mass is 16.2. The Labute approximate surface area is 107 Å². The van der Waals surface area contributed by atoms with Gasteiger partial charge >= 0.3 is 6.03 Å². The van der Waals surface area contributed by atoms with Gasteiger partial charge in [-0.3, -0.25) is 0 Å². The lowest BCUT2D eigenvalue weighted by molar-refractivity contribution is 0.244. The molecule has 2 aromatic carbocycles. The van der Waals surface area contributed by atoms with Crippen molar-refractivity contribution >= 4 is 22.5 Å². The highest BCUT2D eigenvalue weighted by Crippen LogP contribution is 2.22. The number of fused-ring (bicyclic) bond motifs is 1. The second-order valence-electron chi connectivity index (χ2n) is 5.36. The van der Waals surface area contributed by atoms with E-state index in [1.54, 1.807) is 0 Å². The van der Waals surface area contributed by atoms with E-state index in [4.69, 9.17) is 0 Å². The molecule has 0 aliphatic carbocycles. The van der Waals surface area contributed by atoms with Gasteiger partial charge in [-0.1, -0.05) is 36.4 Å². The molecule has 0 aliphatic heterocycles. The summed E-state index contributed by atoms with van der Waals surface area (Å²) in [7, 11) is 0. The molecule has 0 aromatic heterocycles. The molecule has 0 unspecified atom stereocenters. The van der Waals surface area contributed by atoms with Crippen LogP contribution in [0.25, 0.3) is 10.8 Å². The minimum absolute atomic E-state index is 0.182. The van der Waals surface area contributed by atoms with Gasteiger partial charge in [0.15, 0.2) is 0 Å². The van der Waals surface area contributed by atoms with Gasteiger partial charge < -0.3 is 10.6 Å². The van der Waals surface area contributed by atoms with Crippen LogP contribution in [0, 0.1) is 0 Å². The summed E-state index contributed by atoms with van der Waals surface area (Å²) in [5.41, 5.74) is 0.587. The number of carbonyl (C=O) groups is 1. The van der Waals surface area contributed by atoms with E-state index < -0.39 is 0 Å². The van der Waals surface area contributed by atoms with Crippen LogP contribution < -0.4 is 10.6 Å². The van der Waals surface area contributed by atoms with E-state index in [1.165, 1.54) is 0 Å². The first-order valence-corrected chi connectivity index (χ1v) is 6.03. The largest absolute Gasteiger partial charge is 0.333 e. The molecule has 2 rings (SSSR count). The second-order valence-corrected chi connectivity index (χ2v) is 5.36. The van der Waals surface area contributed by atoms with E-state index >= 15 is 0 Å². The molecule has 3 heteroatoms. The third-order valence-corrected chi connectivity index (χ3v) is 2.53. The van der Waals surface area contributed by atoms with Gasteiger partial charge in [0.05, 0.1) is 5.69 Å². The third-order valence-electron chi connectivity index (χ3n) is 2.53. The van der Waals surface area contributed by atoms with Gasteiger partial charge in [-0.05, 0) is 32.2 Å². The molecule has 0 saturated heterocycles. The molecule has 0 aliphatic rings. The van der Waals surface area contributed by atoms with Gasteiger partial charge in [-0.15, -0.1) is 0 Å². The Morgan fingerprint density at radius 1 is 1.00 bits per heavy atom. The summed E-state index contributed by atoms with van der Waals surface area (Å²) in [6.07, 6.45) is 0. The maximum atomic E-state index is 11.8. The number of rotatable bonds is 1. The van der Waals surface area contributed by atoms with Crippen LogP contribution >= 0.6 is 0 Å². The van der Waals surface area contributed by atoms with E-state index in [-0.39, 0.29) is 11.6 Å². The van der Waals surface area contributed by atoms with Crippen LogP contribution in [0.2, 0.25) is 0 Å². The molecule has 0 heterocycles. The molecule has 0 atom stereocenters. The second kappa shape index (κ2) is 4.69. The Morgan fingerprint density at radius 3 is 2.39 bits per heavy atom. The molecule has 0 fully saturated rings. The van der Waals surface area contributed by atoms with Crippen molar-refractivity contribution in [1.29, 1.82) is 0 Å². The number of anilines is 1. The first-order chi connectivity index (χ1) is 8.46. The molecule has 0 saturated carbocycles. The number of amides is 2. The number of nitrogens with one attached hydrogen (secondary N) is 2. The molecule has 2 amide bonds. The summed E-state index contributed by atoms with van der Waals surface area (Å²) in [5.74, 6) is 0. The SMILES string of the molecule is CC(C)(C)NC(=O)Nc1cccc2ccccc12. The zero-order chi connectivity index (χ0) is 13.2. The van der Waals surface area contributed by atoms with Crippen LogP contribution in [0.4, 0.5) is 10.5 Å². The number of hydrogen-bond donors (Lipinski definition) is 2.